The number of aromatic nitrogens is 2. The van der Waals surface area contributed by atoms with Crippen LogP contribution in [-0.2, 0) is 4.79 Å². The first-order valence-corrected chi connectivity index (χ1v) is 5.45. The molecule has 17 heavy (non-hydrogen) atoms. The summed E-state index contributed by atoms with van der Waals surface area (Å²) in [5.41, 5.74) is 2.95. The van der Waals surface area contributed by atoms with Gasteiger partial charge in [-0.05, 0) is 38.7 Å². The molecule has 1 amide bonds. The van der Waals surface area contributed by atoms with Crippen LogP contribution in [0.15, 0.2) is 18.2 Å². The molecule has 0 aliphatic heterocycles. The Bertz CT molecular complexity index is 544. The molecule has 0 bridgehead atoms. The number of carbonyl (C=O) groups excluding carboxylic acids is 1. The van der Waals surface area contributed by atoms with Gasteiger partial charge in [0.2, 0.25) is 11.9 Å². The Morgan fingerprint density at radius 3 is 2.94 bits per heavy atom. The molecule has 0 atom stereocenters. The molecule has 0 radical (unpaired) electrons. The number of likely N-dealkylation sites (N-methyl/N-ethyl adjacent to an activating group) is 1. The van der Waals surface area contributed by atoms with Crippen LogP contribution >= 0.6 is 0 Å². The number of hydrogen-bond donors (Lipinski definition) is 2. The minimum absolute atomic E-state index is 0.0780. The predicted octanol–water partition coefficient (Wildman–Crippen LogP) is 1.37. The lowest BCUT2D eigenvalue weighted by molar-refractivity contribution is -0.116. The number of nitrogens with zero attached hydrogens (tertiary/aromatic N) is 2. The van der Waals surface area contributed by atoms with E-state index in [1.165, 1.54) is 0 Å². The molecular weight excluding hydrogens is 216 g/mol. The molecule has 1 heterocycles. The molecule has 1 aromatic carbocycles. The number of carbonyl (C=O) groups is 1. The van der Waals surface area contributed by atoms with Gasteiger partial charge in [0.1, 0.15) is 0 Å². The second-order valence-corrected chi connectivity index (χ2v) is 4.39. The molecule has 2 N–H and O–H groups in total. The van der Waals surface area contributed by atoms with Crippen molar-refractivity contribution in [2.75, 3.05) is 26.0 Å². The minimum Gasteiger partial charge on any atom is -0.324 e. The van der Waals surface area contributed by atoms with Gasteiger partial charge >= 0.3 is 0 Å². The van der Waals surface area contributed by atoms with Gasteiger partial charge in [0, 0.05) is 0 Å². The van der Waals surface area contributed by atoms with E-state index in [1.54, 1.807) is 0 Å². The largest absolute Gasteiger partial charge is 0.324 e. The zero-order valence-electron chi connectivity index (χ0n) is 10.2. The van der Waals surface area contributed by atoms with Crippen molar-refractivity contribution in [2.45, 2.75) is 6.92 Å². The average molecular weight is 232 g/mol. The summed E-state index contributed by atoms with van der Waals surface area (Å²) in [7, 11) is 3.70. The zero-order chi connectivity index (χ0) is 12.4. The van der Waals surface area contributed by atoms with Crippen LogP contribution < -0.4 is 5.32 Å². The molecule has 2 rings (SSSR count). The van der Waals surface area contributed by atoms with Crippen molar-refractivity contribution in [1.82, 2.24) is 14.9 Å². The Kier molecular flexibility index (Phi) is 3.10. The first-order valence-electron chi connectivity index (χ1n) is 5.45. The molecule has 0 saturated carbocycles. The van der Waals surface area contributed by atoms with Crippen molar-refractivity contribution in [3.8, 4) is 0 Å². The summed E-state index contributed by atoms with van der Waals surface area (Å²) in [5.74, 6) is 0.420. The SMILES string of the molecule is Cc1ccc2nc(NC(=O)CN(C)C)[nH]c2c1. The Morgan fingerprint density at radius 2 is 2.24 bits per heavy atom. The highest BCUT2D eigenvalue weighted by atomic mass is 16.2. The van der Waals surface area contributed by atoms with Crippen LogP contribution in [0.3, 0.4) is 0 Å². The Labute approximate surface area is 99.8 Å². The molecule has 0 spiro atoms. The molecule has 0 aliphatic rings. The molecule has 0 saturated heterocycles. The number of anilines is 1. The second-order valence-electron chi connectivity index (χ2n) is 4.39. The van der Waals surface area contributed by atoms with Gasteiger partial charge in [0.15, 0.2) is 0 Å². The number of hydrogen-bond acceptors (Lipinski definition) is 3. The molecule has 5 heteroatoms. The molecular formula is C12H16N4O. The van der Waals surface area contributed by atoms with Crippen LogP contribution in [0.25, 0.3) is 11.0 Å². The lowest BCUT2D eigenvalue weighted by Gasteiger charge is -2.07. The number of imidazole rings is 1. The monoisotopic (exact) mass is 232 g/mol. The van der Waals surface area contributed by atoms with Gasteiger partial charge in [-0.25, -0.2) is 4.98 Å². The smallest absolute Gasteiger partial charge is 0.240 e. The molecule has 0 fully saturated rings. The van der Waals surface area contributed by atoms with Crippen molar-refractivity contribution in [2.24, 2.45) is 0 Å². The van der Waals surface area contributed by atoms with Gasteiger partial charge in [-0.3, -0.25) is 10.1 Å². The van der Waals surface area contributed by atoms with Crippen LogP contribution in [0, 0.1) is 6.92 Å². The Balaban J connectivity index is 2.17. The lowest BCUT2D eigenvalue weighted by atomic mass is 10.2. The zero-order valence-corrected chi connectivity index (χ0v) is 10.2. The third-order valence-electron chi connectivity index (χ3n) is 2.36. The number of aromatic amines is 1. The number of amides is 1. The number of fused-ring (bicyclic) bond motifs is 1. The topological polar surface area (TPSA) is 61.0 Å². The van der Waals surface area contributed by atoms with E-state index in [0.29, 0.717) is 12.5 Å². The maximum atomic E-state index is 11.6. The van der Waals surface area contributed by atoms with Gasteiger partial charge in [0.05, 0.1) is 17.6 Å². The predicted molar refractivity (Wildman–Crippen MR) is 68.0 cm³/mol. The summed E-state index contributed by atoms with van der Waals surface area (Å²) in [6.07, 6.45) is 0. The highest BCUT2D eigenvalue weighted by Crippen LogP contribution is 2.15. The van der Waals surface area contributed by atoms with E-state index >= 15 is 0 Å². The molecule has 2 aromatic rings. The number of nitrogens with one attached hydrogen (secondary N) is 2. The summed E-state index contributed by atoms with van der Waals surface area (Å²) >= 11 is 0. The van der Waals surface area contributed by atoms with E-state index in [9.17, 15) is 4.79 Å². The van der Waals surface area contributed by atoms with Crippen LogP contribution in [0.2, 0.25) is 0 Å². The van der Waals surface area contributed by atoms with E-state index in [2.05, 4.69) is 15.3 Å². The van der Waals surface area contributed by atoms with Crippen molar-refractivity contribution in [3.05, 3.63) is 23.8 Å². The Hall–Kier alpha value is -1.88. The maximum Gasteiger partial charge on any atom is 0.240 e. The minimum atomic E-state index is -0.0780. The van der Waals surface area contributed by atoms with Crippen molar-refractivity contribution < 1.29 is 4.79 Å². The van der Waals surface area contributed by atoms with E-state index < -0.39 is 0 Å². The number of aryl methyl sites for hydroxylation is 1. The van der Waals surface area contributed by atoms with Crippen molar-refractivity contribution in [1.29, 1.82) is 0 Å². The van der Waals surface area contributed by atoms with Gasteiger partial charge in [-0.2, -0.15) is 0 Å². The number of benzene rings is 1. The number of rotatable bonds is 3. The highest BCUT2D eigenvalue weighted by molar-refractivity contribution is 5.92. The molecule has 90 valence electrons. The fraction of sp³-hybridized carbons (Fsp3) is 0.333. The summed E-state index contributed by atoms with van der Waals surface area (Å²) in [6, 6.07) is 5.93. The van der Waals surface area contributed by atoms with Crippen molar-refractivity contribution in [3.63, 3.8) is 0 Å². The van der Waals surface area contributed by atoms with E-state index in [4.69, 9.17) is 0 Å². The van der Waals surface area contributed by atoms with E-state index in [-0.39, 0.29) is 5.91 Å². The average Bonchev–Trinajstić information content (AvgIpc) is 2.57. The van der Waals surface area contributed by atoms with E-state index in [0.717, 1.165) is 16.6 Å². The molecule has 0 aliphatic carbocycles. The normalized spacial score (nSPS) is 11.1. The third kappa shape index (κ3) is 2.82. The fourth-order valence-electron chi connectivity index (χ4n) is 1.64. The van der Waals surface area contributed by atoms with Gasteiger partial charge in [0.25, 0.3) is 0 Å². The van der Waals surface area contributed by atoms with E-state index in [1.807, 2.05) is 44.1 Å². The highest BCUT2D eigenvalue weighted by Gasteiger charge is 2.07. The lowest BCUT2D eigenvalue weighted by Crippen LogP contribution is -2.27. The third-order valence-corrected chi connectivity index (χ3v) is 2.36. The van der Waals surface area contributed by atoms with Gasteiger partial charge in [-0.15, -0.1) is 0 Å². The second kappa shape index (κ2) is 4.55. The van der Waals surface area contributed by atoms with Crippen LogP contribution in [0.5, 0.6) is 0 Å². The summed E-state index contributed by atoms with van der Waals surface area (Å²) in [5, 5.41) is 2.73. The maximum absolute atomic E-state index is 11.6. The first-order chi connectivity index (χ1) is 8.04. The first kappa shape index (κ1) is 11.6. The number of H-pyrrole nitrogens is 1. The van der Waals surface area contributed by atoms with Crippen molar-refractivity contribution >= 4 is 22.9 Å². The molecule has 5 nitrogen and oxygen atoms in total. The van der Waals surface area contributed by atoms with Gasteiger partial charge in [-0.1, -0.05) is 6.07 Å². The fourth-order valence-corrected chi connectivity index (χ4v) is 1.64. The van der Waals surface area contributed by atoms with Crippen LogP contribution in [0.1, 0.15) is 5.56 Å². The van der Waals surface area contributed by atoms with Crippen LogP contribution in [-0.4, -0.2) is 41.4 Å². The molecule has 1 aromatic heterocycles. The van der Waals surface area contributed by atoms with Gasteiger partial charge < -0.3 is 9.88 Å². The molecule has 0 unspecified atom stereocenters. The summed E-state index contributed by atoms with van der Waals surface area (Å²) < 4.78 is 0. The summed E-state index contributed by atoms with van der Waals surface area (Å²) in [4.78, 5) is 20.7. The Morgan fingerprint density at radius 1 is 1.47 bits per heavy atom. The van der Waals surface area contributed by atoms with Crippen LogP contribution in [0.4, 0.5) is 5.95 Å². The summed E-state index contributed by atoms with van der Waals surface area (Å²) in [6.45, 7) is 2.36. The quantitative estimate of drug-likeness (QED) is 0.840. The standard InChI is InChI=1S/C12H16N4O/c1-8-4-5-9-10(6-8)14-12(13-9)15-11(17)7-16(2)3/h4-6H,7H2,1-3H3,(H2,13,14,15,17).